The molecule has 0 aliphatic heterocycles. The second-order valence-corrected chi connectivity index (χ2v) is 6.27. The minimum absolute atomic E-state index is 0.130. The van der Waals surface area contributed by atoms with Crippen molar-refractivity contribution in [3.63, 3.8) is 0 Å². The van der Waals surface area contributed by atoms with E-state index in [2.05, 4.69) is 21.2 Å². The summed E-state index contributed by atoms with van der Waals surface area (Å²) in [5.74, 6) is -0.407. The Bertz CT molecular complexity index is 468. The molecule has 1 rings (SSSR count). The van der Waals surface area contributed by atoms with Gasteiger partial charge in [0.05, 0.1) is 3.79 Å². The van der Waals surface area contributed by atoms with E-state index in [0.29, 0.717) is 0 Å². The third-order valence-electron chi connectivity index (χ3n) is 2.18. The molecule has 1 N–H and O–H groups in total. The van der Waals surface area contributed by atoms with Crippen LogP contribution in [0.2, 0.25) is 0 Å². The highest BCUT2D eigenvalue weighted by atomic mass is 79.9. The zero-order chi connectivity index (χ0) is 13.7. The van der Waals surface area contributed by atoms with E-state index < -0.39 is 6.04 Å². The number of amides is 2. The summed E-state index contributed by atoms with van der Waals surface area (Å²) >= 11 is 4.90. The highest BCUT2D eigenvalue weighted by Crippen LogP contribution is 2.21. The molecule has 0 aliphatic rings. The van der Waals surface area contributed by atoms with Gasteiger partial charge in [0.2, 0.25) is 11.8 Å². The van der Waals surface area contributed by atoms with Gasteiger partial charge in [0, 0.05) is 20.2 Å². The van der Waals surface area contributed by atoms with E-state index in [4.69, 9.17) is 0 Å². The number of likely N-dealkylation sites (N-methyl/N-ethyl adjacent to an activating group) is 1. The lowest BCUT2D eigenvalue weighted by Gasteiger charge is -2.16. The van der Waals surface area contributed by atoms with Crippen LogP contribution >= 0.6 is 27.3 Å². The van der Waals surface area contributed by atoms with Gasteiger partial charge >= 0.3 is 0 Å². The lowest BCUT2D eigenvalue weighted by Crippen LogP contribution is -2.43. The zero-order valence-corrected chi connectivity index (χ0v) is 12.8. The van der Waals surface area contributed by atoms with Gasteiger partial charge in [-0.3, -0.25) is 9.59 Å². The van der Waals surface area contributed by atoms with Crippen molar-refractivity contribution >= 4 is 45.2 Å². The third kappa shape index (κ3) is 4.62. The van der Waals surface area contributed by atoms with Crippen molar-refractivity contribution in [3.05, 3.63) is 26.9 Å². The van der Waals surface area contributed by atoms with E-state index in [1.165, 1.54) is 11.0 Å². The van der Waals surface area contributed by atoms with Gasteiger partial charge in [-0.2, -0.15) is 0 Å². The molecule has 18 heavy (non-hydrogen) atoms. The standard InChI is InChI=1S/C12H15BrN2O2S/c1-8(12(17)15(2)3)14-11(16)5-4-9-6-10(13)18-7-9/h4-8H,1-3H3,(H,14,16)/b5-4+/t8-/m1/s1. The van der Waals surface area contributed by atoms with Crippen molar-refractivity contribution in [2.24, 2.45) is 0 Å². The van der Waals surface area contributed by atoms with Crippen LogP contribution < -0.4 is 5.32 Å². The summed E-state index contributed by atoms with van der Waals surface area (Å²) in [6.45, 7) is 1.66. The van der Waals surface area contributed by atoms with Crippen LogP contribution in [0.15, 0.2) is 21.3 Å². The van der Waals surface area contributed by atoms with Crippen LogP contribution in [-0.2, 0) is 9.59 Å². The Morgan fingerprint density at radius 1 is 1.50 bits per heavy atom. The van der Waals surface area contributed by atoms with Crippen molar-refractivity contribution in [1.29, 1.82) is 0 Å². The normalized spacial score (nSPS) is 12.4. The van der Waals surface area contributed by atoms with Crippen molar-refractivity contribution in [1.82, 2.24) is 10.2 Å². The first kappa shape index (κ1) is 14.9. The first-order chi connectivity index (χ1) is 8.40. The number of carbonyl (C=O) groups excluding carboxylic acids is 2. The average molecular weight is 331 g/mol. The average Bonchev–Trinajstić information content (AvgIpc) is 2.71. The second kappa shape index (κ2) is 6.70. The Kier molecular flexibility index (Phi) is 5.55. The topological polar surface area (TPSA) is 49.4 Å². The number of carbonyl (C=O) groups is 2. The van der Waals surface area contributed by atoms with Crippen molar-refractivity contribution in [2.75, 3.05) is 14.1 Å². The van der Waals surface area contributed by atoms with Crippen LogP contribution in [-0.4, -0.2) is 36.9 Å². The fourth-order valence-corrected chi connectivity index (χ4v) is 2.44. The molecule has 0 radical (unpaired) electrons. The molecule has 0 aliphatic carbocycles. The second-order valence-electron chi connectivity index (χ2n) is 3.98. The highest BCUT2D eigenvalue weighted by Gasteiger charge is 2.15. The van der Waals surface area contributed by atoms with E-state index >= 15 is 0 Å². The minimum atomic E-state index is -0.522. The van der Waals surface area contributed by atoms with Gasteiger partial charge in [0.15, 0.2) is 0 Å². The third-order valence-corrected chi connectivity index (χ3v) is 3.71. The summed E-state index contributed by atoms with van der Waals surface area (Å²) in [6, 6.07) is 1.40. The summed E-state index contributed by atoms with van der Waals surface area (Å²) in [5, 5.41) is 4.55. The monoisotopic (exact) mass is 330 g/mol. The maximum atomic E-state index is 11.6. The largest absolute Gasteiger partial charge is 0.347 e. The van der Waals surface area contributed by atoms with Crippen molar-refractivity contribution in [2.45, 2.75) is 13.0 Å². The van der Waals surface area contributed by atoms with E-state index in [1.54, 1.807) is 38.4 Å². The molecule has 0 saturated carbocycles. The first-order valence-electron chi connectivity index (χ1n) is 5.34. The number of nitrogens with one attached hydrogen (secondary N) is 1. The molecule has 1 heterocycles. The molecule has 4 nitrogen and oxygen atoms in total. The summed E-state index contributed by atoms with van der Waals surface area (Å²) < 4.78 is 1.01. The van der Waals surface area contributed by atoms with Crippen molar-refractivity contribution in [3.8, 4) is 0 Å². The van der Waals surface area contributed by atoms with Crippen molar-refractivity contribution < 1.29 is 9.59 Å². The molecule has 6 heteroatoms. The zero-order valence-electron chi connectivity index (χ0n) is 10.4. The Balaban J connectivity index is 2.51. The molecule has 1 aromatic rings. The lowest BCUT2D eigenvalue weighted by molar-refractivity contribution is -0.132. The van der Waals surface area contributed by atoms with E-state index in [0.717, 1.165) is 9.35 Å². The van der Waals surface area contributed by atoms with E-state index in [9.17, 15) is 9.59 Å². The quantitative estimate of drug-likeness (QED) is 0.859. The molecule has 0 bridgehead atoms. The number of hydrogen-bond acceptors (Lipinski definition) is 3. The SMILES string of the molecule is C[C@@H](NC(=O)/C=C/c1csc(Br)c1)C(=O)N(C)C. The Morgan fingerprint density at radius 2 is 2.17 bits per heavy atom. The Morgan fingerprint density at radius 3 is 2.67 bits per heavy atom. The fraction of sp³-hybridized carbons (Fsp3) is 0.333. The molecular weight excluding hydrogens is 316 g/mol. The first-order valence-corrected chi connectivity index (χ1v) is 7.01. The number of rotatable bonds is 4. The minimum Gasteiger partial charge on any atom is -0.347 e. The van der Waals surface area contributed by atoms with Gasteiger partial charge in [0.25, 0.3) is 0 Å². The number of nitrogens with zero attached hydrogens (tertiary/aromatic N) is 1. The predicted molar refractivity (Wildman–Crippen MR) is 77.4 cm³/mol. The Labute approximate surface area is 119 Å². The van der Waals surface area contributed by atoms with Gasteiger partial charge in [0.1, 0.15) is 6.04 Å². The lowest BCUT2D eigenvalue weighted by atomic mass is 10.2. The summed E-state index contributed by atoms with van der Waals surface area (Å²) in [4.78, 5) is 24.6. The molecule has 0 fully saturated rings. The molecule has 0 unspecified atom stereocenters. The molecule has 0 aromatic carbocycles. The maximum Gasteiger partial charge on any atom is 0.244 e. The fourth-order valence-electron chi connectivity index (χ4n) is 1.29. The summed E-state index contributed by atoms with van der Waals surface area (Å²) in [5.41, 5.74) is 0.952. The number of hydrogen-bond donors (Lipinski definition) is 1. The van der Waals surface area contributed by atoms with E-state index in [-0.39, 0.29) is 11.8 Å². The molecule has 1 aromatic heterocycles. The summed E-state index contributed by atoms with van der Waals surface area (Å²) in [7, 11) is 3.31. The van der Waals surface area contributed by atoms with Gasteiger partial charge in [-0.1, -0.05) is 0 Å². The smallest absolute Gasteiger partial charge is 0.244 e. The number of thiophene rings is 1. The van der Waals surface area contributed by atoms with Crippen LogP contribution in [0.3, 0.4) is 0 Å². The molecule has 2 amide bonds. The van der Waals surface area contributed by atoms with Gasteiger partial charge in [-0.15, -0.1) is 11.3 Å². The molecule has 98 valence electrons. The van der Waals surface area contributed by atoms with Gasteiger partial charge < -0.3 is 10.2 Å². The van der Waals surface area contributed by atoms with Crippen LogP contribution in [0, 0.1) is 0 Å². The molecule has 0 spiro atoms. The van der Waals surface area contributed by atoms with Crippen LogP contribution in [0.5, 0.6) is 0 Å². The van der Waals surface area contributed by atoms with Gasteiger partial charge in [-0.25, -0.2) is 0 Å². The maximum absolute atomic E-state index is 11.6. The Hall–Kier alpha value is -1.14. The highest BCUT2D eigenvalue weighted by molar-refractivity contribution is 9.11. The molecule has 0 saturated heterocycles. The summed E-state index contributed by atoms with van der Waals surface area (Å²) in [6.07, 6.45) is 3.14. The van der Waals surface area contributed by atoms with E-state index in [1.807, 2.05) is 11.4 Å². The molecular formula is C12H15BrN2O2S. The van der Waals surface area contributed by atoms with Gasteiger partial charge in [-0.05, 0) is 45.9 Å². The predicted octanol–water partition coefficient (Wildman–Crippen LogP) is 2.12. The van der Waals surface area contributed by atoms with Crippen LogP contribution in [0.1, 0.15) is 12.5 Å². The van der Waals surface area contributed by atoms with Crippen LogP contribution in [0.4, 0.5) is 0 Å². The molecule has 1 atom stereocenters. The number of halogens is 1. The van der Waals surface area contributed by atoms with Crippen LogP contribution in [0.25, 0.3) is 6.08 Å².